The zero-order valence-electron chi connectivity index (χ0n) is 7.58. The van der Waals surface area contributed by atoms with Gasteiger partial charge >= 0.3 is 0 Å². The summed E-state index contributed by atoms with van der Waals surface area (Å²) >= 11 is 0. The van der Waals surface area contributed by atoms with Crippen LogP contribution < -0.4 is 0 Å². The first-order valence-electron chi connectivity index (χ1n) is 3.44. The van der Waals surface area contributed by atoms with Crippen molar-refractivity contribution in [1.29, 1.82) is 0 Å². The summed E-state index contributed by atoms with van der Waals surface area (Å²) in [5.74, 6) is 0. The Morgan fingerprint density at radius 2 is 1.50 bits per heavy atom. The van der Waals surface area contributed by atoms with Crippen LogP contribution in [0.5, 0.6) is 0 Å². The maximum absolute atomic E-state index is 10.6. The minimum absolute atomic E-state index is 0.417. The first-order chi connectivity index (χ1) is 4.65. The Balaban J connectivity index is -0.0000000787. The van der Waals surface area contributed by atoms with Crippen LogP contribution in [0.1, 0.15) is 27.7 Å². The molecule has 0 fully saturated rings. The van der Waals surface area contributed by atoms with Crippen LogP contribution in [0.4, 0.5) is 4.39 Å². The predicted molar refractivity (Wildman–Crippen MR) is 48.0 cm³/mol. The second-order valence-electron chi connectivity index (χ2n) is 1.65. The van der Waals surface area contributed by atoms with Gasteiger partial charge in [-0.1, -0.05) is 25.5 Å². The molecule has 0 aromatic heterocycles. The quantitative estimate of drug-likeness (QED) is 0.494. The molecule has 1 heteroatoms. The van der Waals surface area contributed by atoms with Gasteiger partial charge in [-0.2, -0.15) is 0 Å². The summed E-state index contributed by atoms with van der Waals surface area (Å²) in [6.45, 7) is 14.2. The van der Waals surface area contributed by atoms with Crippen molar-refractivity contribution in [2.24, 2.45) is 0 Å². The highest BCUT2D eigenvalue weighted by atomic mass is 19.1. The highest BCUT2D eigenvalue weighted by Gasteiger charge is 1.51. The van der Waals surface area contributed by atoms with Gasteiger partial charge in [0, 0.05) is 0 Å². The zero-order valence-corrected chi connectivity index (χ0v) is 7.58. The van der Waals surface area contributed by atoms with Crippen LogP contribution in [0.15, 0.2) is 24.8 Å². The van der Waals surface area contributed by atoms with E-state index in [1.807, 2.05) is 27.7 Å². The van der Waals surface area contributed by atoms with Crippen LogP contribution >= 0.6 is 0 Å². The van der Waals surface area contributed by atoms with E-state index in [2.05, 4.69) is 13.2 Å². The molecule has 0 rings (SSSR count). The predicted octanol–water partition coefficient (Wildman–Crippen LogP) is 3.75. The fourth-order valence-corrected chi connectivity index (χ4v) is 0. The molecule has 0 amide bonds. The lowest BCUT2D eigenvalue weighted by Crippen LogP contribution is -1.48. The third kappa shape index (κ3) is 1810. The lowest BCUT2D eigenvalue weighted by atomic mass is 10.4. The van der Waals surface area contributed by atoms with E-state index >= 15 is 0 Å². The SMILES string of the molecule is C=C(C)C.C=CCF.CC. The van der Waals surface area contributed by atoms with Gasteiger partial charge in [-0.3, -0.25) is 0 Å². The first kappa shape index (κ1) is 16.2. The van der Waals surface area contributed by atoms with Crippen molar-refractivity contribution >= 4 is 0 Å². The fourth-order valence-electron chi connectivity index (χ4n) is 0. The number of alkyl halides is 1. The Morgan fingerprint density at radius 3 is 1.50 bits per heavy atom. The van der Waals surface area contributed by atoms with Crippen LogP contribution in [-0.4, -0.2) is 6.67 Å². The molecule has 0 saturated carbocycles. The largest absolute Gasteiger partial charge is 0.247 e. The second-order valence-corrected chi connectivity index (χ2v) is 1.65. The van der Waals surface area contributed by atoms with Gasteiger partial charge in [0.25, 0.3) is 0 Å². The molecule has 0 unspecified atom stereocenters. The van der Waals surface area contributed by atoms with Crippen LogP contribution in [0.3, 0.4) is 0 Å². The number of halogens is 1. The van der Waals surface area contributed by atoms with Crippen molar-refractivity contribution in [3.05, 3.63) is 24.8 Å². The Labute approximate surface area is 64.5 Å². The fraction of sp³-hybridized carbons (Fsp3) is 0.556. The number of allylic oxidation sites excluding steroid dienone is 2. The third-order valence-corrected chi connectivity index (χ3v) is 0.109. The molecule has 0 radical (unpaired) electrons. The molecule has 0 N–H and O–H groups in total. The van der Waals surface area contributed by atoms with E-state index in [1.54, 1.807) is 0 Å². The van der Waals surface area contributed by atoms with E-state index in [0.29, 0.717) is 0 Å². The lowest BCUT2D eigenvalue weighted by Gasteiger charge is -1.65. The molecule has 0 aliphatic rings. The monoisotopic (exact) mass is 146 g/mol. The summed E-state index contributed by atoms with van der Waals surface area (Å²) < 4.78 is 10.6. The summed E-state index contributed by atoms with van der Waals surface area (Å²) in [5.41, 5.74) is 1.17. The topological polar surface area (TPSA) is 0 Å². The summed E-state index contributed by atoms with van der Waals surface area (Å²) in [7, 11) is 0. The van der Waals surface area contributed by atoms with Gasteiger partial charge in [-0.15, -0.1) is 13.2 Å². The minimum Gasteiger partial charge on any atom is -0.247 e. The molecule has 0 spiro atoms. The van der Waals surface area contributed by atoms with Gasteiger partial charge < -0.3 is 0 Å². The molecule has 0 bridgehead atoms. The summed E-state index contributed by atoms with van der Waals surface area (Å²) in [6.07, 6.45) is 1.21. The van der Waals surface area contributed by atoms with Crippen molar-refractivity contribution in [1.82, 2.24) is 0 Å². The van der Waals surface area contributed by atoms with Crippen LogP contribution in [0.2, 0.25) is 0 Å². The molecule has 0 aliphatic heterocycles. The number of hydrogen-bond donors (Lipinski definition) is 0. The van der Waals surface area contributed by atoms with E-state index in [4.69, 9.17) is 0 Å². The molecular formula is C9H19F. The van der Waals surface area contributed by atoms with E-state index in [1.165, 1.54) is 11.6 Å². The van der Waals surface area contributed by atoms with Gasteiger partial charge in [0.1, 0.15) is 6.67 Å². The van der Waals surface area contributed by atoms with Crippen molar-refractivity contribution in [2.75, 3.05) is 6.67 Å². The van der Waals surface area contributed by atoms with Gasteiger partial charge in [-0.25, -0.2) is 4.39 Å². The smallest absolute Gasteiger partial charge is 0.107 e. The zero-order chi connectivity index (χ0) is 8.99. The molecule has 0 saturated heterocycles. The summed E-state index contributed by atoms with van der Waals surface area (Å²) in [5, 5.41) is 0. The van der Waals surface area contributed by atoms with E-state index < -0.39 is 6.67 Å². The molecule has 0 aromatic carbocycles. The average molecular weight is 146 g/mol. The van der Waals surface area contributed by atoms with E-state index in [9.17, 15) is 4.39 Å². The minimum atomic E-state index is -0.417. The number of rotatable bonds is 1. The molecule has 0 aromatic rings. The van der Waals surface area contributed by atoms with Gasteiger partial charge in [0.15, 0.2) is 0 Å². The standard InChI is InChI=1S/C4H8.C3H5F.C2H6/c1-4(2)3;1-2-3-4;1-2/h1H2,2-3H3;2H,1,3H2;1-2H3. The molecule has 0 aliphatic carbocycles. The highest BCUT2D eigenvalue weighted by molar-refractivity contribution is 4.78. The normalized spacial score (nSPS) is 5.70. The van der Waals surface area contributed by atoms with Crippen molar-refractivity contribution in [3.8, 4) is 0 Å². The first-order valence-corrected chi connectivity index (χ1v) is 3.44. The van der Waals surface area contributed by atoms with Crippen molar-refractivity contribution < 1.29 is 4.39 Å². The molecular weight excluding hydrogens is 127 g/mol. The van der Waals surface area contributed by atoms with E-state index in [0.717, 1.165) is 0 Å². The Morgan fingerprint density at radius 1 is 1.40 bits per heavy atom. The van der Waals surface area contributed by atoms with Gasteiger partial charge in [0.05, 0.1) is 0 Å². The van der Waals surface area contributed by atoms with E-state index in [-0.39, 0.29) is 0 Å². The van der Waals surface area contributed by atoms with Crippen molar-refractivity contribution in [3.63, 3.8) is 0 Å². The third-order valence-electron chi connectivity index (χ3n) is 0.109. The van der Waals surface area contributed by atoms with Gasteiger partial charge in [0.2, 0.25) is 0 Å². The molecule has 0 nitrogen and oxygen atoms in total. The highest BCUT2D eigenvalue weighted by Crippen LogP contribution is 1.73. The van der Waals surface area contributed by atoms with Crippen molar-refractivity contribution in [2.45, 2.75) is 27.7 Å². The second kappa shape index (κ2) is 23.7. The van der Waals surface area contributed by atoms with Crippen LogP contribution in [0, 0.1) is 0 Å². The summed E-state index contributed by atoms with van der Waals surface area (Å²) in [6, 6.07) is 0. The Hall–Kier alpha value is -0.590. The molecule has 0 heterocycles. The van der Waals surface area contributed by atoms with Crippen LogP contribution in [0.25, 0.3) is 0 Å². The van der Waals surface area contributed by atoms with Gasteiger partial charge in [-0.05, 0) is 13.8 Å². The molecule has 62 valence electrons. The maximum Gasteiger partial charge on any atom is 0.107 e. The maximum atomic E-state index is 10.6. The lowest BCUT2D eigenvalue weighted by molar-refractivity contribution is 0.562. The molecule has 10 heavy (non-hydrogen) atoms. The Bertz CT molecular complexity index is 61.1. The molecule has 0 atom stereocenters. The Kier molecular flexibility index (Phi) is 38.5. The average Bonchev–Trinajstić information content (AvgIpc) is 1.91. The van der Waals surface area contributed by atoms with Crippen LogP contribution in [-0.2, 0) is 0 Å². The summed E-state index contributed by atoms with van der Waals surface area (Å²) in [4.78, 5) is 0. The number of hydrogen-bond acceptors (Lipinski definition) is 0.